The van der Waals surface area contributed by atoms with Crippen molar-refractivity contribution in [1.29, 1.82) is 0 Å². The van der Waals surface area contributed by atoms with Crippen LogP contribution in [-0.2, 0) is 0 Å². The molecule has 0 aromatic heterocycles. The van der Waals surface area contributed by atoms with Crippen LogP contribution in [0.15, 0.2) is 48.5 Å². The Labute approximate surface area is 144 Å². The minimum absolute atomic E-state index is 0.0667. The molecule has 0 spiro atoms. The zero-order chi connectivity index (χ0) is 16.9. The molecular weight excluding hydrogens is 298 g/mol. The second kappa shape index (κ2) is 7.49. The first-order chi connectivity index (χ1) is 11.7. The number of likely N-dealkylation sites (N-methyl/N-ethyl adjacent to an activating group) is 1. The number of aryl methyl sites for hydroxylation is 1. The molecule has 0 atom stereocenters. The quantitative estimate of drug-likeness (QED) is 0.937. The lowest BCUT2D eigenvalue weighted by atomic mass is 10.1. The zero-order valence-electron chi connectivity index (χ0n) is 14.5. The lowest BCUT2D eigenvalue weighted by Gasteiger charge is -2.35. The number of benzene rings is 2. The van der Waals surface area contributed by atoms with Crippen molar-refractivity contribution in [3.8, 4) is 0 Å². The van der Waals surface area contributed by atoms with Gasteiger partial charge in [-0.05, 0) is 49.4 Å². The predicted molar refractivity (Wildman–Crippen MR) is 99.9 cm³/mol. The van der Waals surface area contributed by atoms with Crippen LogP contribution in [0.3, 0.4) is 0 Å². The van der Waals surface area contributed by atoms with E-state index in [1.165, 1.54) is 5.69 Å². The number of nitrogens with zero attached hydrogens (tertiary/aromatic N) is 2. The monoisotopic (exact) mass is 323 g/mol. The molecule has 1 aliphatic rings. The fraction of sp³-hybridized carbons (Fsp3) is 0.350. The number of nitrogens with one attached hydrogen (secondary N) is 1. The van der Waals surface area contributed by atoms with E-state index in [-0.39, 0.29) is 5.91 Å². The molecule has 4 nitrogen and oxygen atoms in total. The first-order valence-electron chi connectivity index (χ1n) is 8.61. The smallest absolute Gasteiger partial charge is 0.255 e. The lowest BCUT2D eigenvalue weighted by molar-refractivity contribution is 0.102. The van der Waals surface area contributed by atoms with Crippen molar-refractivity contribution in [2.45, 2.75) is 13.8 Å². The van der Waals surface area contributed by atoms with E-state index >= 15 is 0 Å². The van der Waals surface area contributed by atoms with Crippen LogP contribution in [0.2, 0.25) is 0 Å². The van der Waals surface area contributed by atoms with Crippen molar-refractivity contribution in [2.24, 2.45) is 0 Å². The van der Waals surface area contributed by atoms with Crippen LogP contribution in [0.25, 0.3) is 0 Å². The molecule has 1 heterocycles. The normalized spacial score (nSPS) is 15.3. The van der Waals surface area contributed by atoms with Gasteiger partial charge in [0.25, 0.3) is 5.91 Å². The number of carbonyl (C=O) groups excluding carboxylic acids is 1. The molecule has 0 bridgehead atoms. The SMILES string of the molecule is CCN1CCN(c2ccc(NC(=O)c3ccccc3)c(C)c2)CC1. The Morgan fingerprint density at radius 3 is 2.38 bits per heavy atom. The third-order valence-corrected chi connectivity index (χ3v) is 4.68. The summed E-state index contributed by atoms with van der Waals surface area (Å²) in [4.78, 5) is 17.2. The Hall–Kier alpha value is -2.33. The van der Waals surface area contributed by atoms with Gasteiger partial charge in [0.05, 0.1) is 0 Å². The summed E-state index contributed by atoms with van der Waals surface area (Å²) in [5, 5.41) is 3.01. The predicted octanol–water partition coefficient (Wildman–Crippen LogP) is 3.39. The Bertz CT molecular complexity index is 691. The Morgan fingerprint density at radius 2 is 1.75 bits per heavy atom. The maximum Gasteiger partial charge on any atom is 0.255 e. The number of anilines is 2. The van der Waals surface area contributed by atoms with Crippen LogP contribution in [0.4, 0.5) is 11.4 Å². The van der Waals surface area contributed by atoms with Gasteiger partial charge in [-0.25, -0.2) is 0 Å². The van der Waals surface area contributed by atoms with Gasteiger partial charge in [0, 0.05) is 43.1 Å². The van der Waals surface area contributed by atoms with Crippen molar-refractivity contribution < 1.29 is 4.79 Å². The molecular formula is C20H25N3O. The Kier molecular flexibility index (Phi) is 5.16. The van der Waals surface area contributed by atoms with Gasteiger partial charge in [0.1, 0.15) is 0 Å². The van der Waals surface area contributed by atoms with E-state index in [2.05, 4.69) is 34.2 Å². The van der Waals surface area contributed by atoms with Gasteiger partial charge in [-0.2, -0.15) is 0 Å². The van der Waals surface area contributed by atoms with Crippen LogP contribution in [0, 0.1) is 6.92 Å². The molecule has 0 radical (unpaired) electrons. The van der Waals surface area contributed by atoms with E-state index in [0.29, 0.717) is 5.56 Å². The summed E-state index contributed by atoms with van der Waals surface area (Å²) < 4.78 is 0. The molecule has 1 aliphatic heterocycles. The molecule has 126 valence electrons. The van der Waals surface area contributed by atoms with E-state index in [9.17, 15) is 4.79 Å². The zero-order valence-corrected chi connectivity index (χ0v) is 14.5. The molecule has 24 heavy (non-hydrogen) atoms. The van der Waals surface area contributed by atoms with Crippen LogP contribution in [0.1, 0.15) is 22.8 Å². The molecule has 0 unspecified atom stereocenters. The molecule has 4 heteroatoms. The summed E-state index contributed by atoms with van der Waals surface area (Å²) in [7, 11) is 0. The summed E-state index contributed by atoms with van der Waals surface area (Å²) >= 11 is 0. The summed E-state index contributed by atoms with van der Waals surface area (Å²) in [6.07, 6.45) is 0. The van der Waals surface area contributed by atoms with Crippen molar-refractivity contribution >= 4 is 17.3 Å². The summed E-state index contributed by atoms with van der Waals surface area (Å²) in [5.74, 6) is -0.0667. The average molecular weight is 323 g/mol. The van der Waals surface area contributed by atoms with Gasteiger partial charge < -0.3 is 15.1 Å². The maximum absolute atomic E-state index is 12.3. The molecule has 1 fully saturated rings. The number of hydrogen-bond acceptors (Lipinski definition) is 3. The van der Waals surface area contributed by atoms with E-state index in [1.54, 1.807) is 0 Å². The standard InChI is InChI=1S/C20H25N3O/c1-3-22-11-13-23(14-12-22)18-9-10-19(16(2)15-18)21-20(24)17-7-5-4-6-8-17/h4-10,15H,3,11-14H2,1-2H3,(H,21,24). The minimum atomic E-state index is -0.0667. The van der Waals surface area contributed by atoms with Crippen molar-refractivity contribution in [3.05, 3.63) is 59.7 Å². The third kappa shape index (κ3) is 3.77. The van der Waals surface area contributed by atoms with Crippen molar-refractivity contribution in [3.63, 3.8) is 0 Å². The number of amides is 1. The highest BCUT2D eigenvalue weighted by Gasteiger charge is 2.16. The van der Waals surface area contributed by atoms with Crippen LogP contribution < -0.4 is 10.2 Å². The summed E-state index contributed by atoms with van der Waals surface area (Å²) in [5.41, 5.74) is 3.88. The number of rotatable bonds is 4. The molecule has 1 saturated heterocycles. The van der Waals surface area contributed by atoms with Gasteiger partial charge in [-0.15, -0.1) is 0 Å². The summed E-state index contributed by atoms with van der Waals surface area (Å²) in [6.45, 7) is 9.73. The molecule has 1 amide bonds. The Morgan fingerprint density at radius 1 is 1.04 bits per heavy atom. The van der Waals surface area contributed by atoms with E-state index in [1.807, 2.05) is 43.3 Å². The van der Waals surface area contributed by atoms with Crippen LogP contribution in [0.5, 0.6) is 0 Å². The largest absolute Gasteiger partial charge is 0.369 e. The molecule has 2 aromatic rings. The molecule has 1 N–H and O–H groups in total. The lowest BCUT2D eigenvalue weighted by Crippen LogP contribution is -2.46. The number of carbonyl (C=O) groups is 1. The van der Waals surface area contributed by atoms with E-state index in [4.69, 9.17) is 0 Å². The first kappa shape index (κ1) is 16.5. The summed E-state index contributed by atoms with van der Waals surface area (Å²) in [6, 6.07) is 15.6. The fourth-order valence-electron chi connectivity index (χ4n) is 3.09. The number of hydrogen-bond donors (Lipinski definition) is 1. The molecule has 3 rings (SSSR count). The van der Waals surface area contributed by atoms with Gasteiger partial charge in [0.2, 0.25) is 0 Å². The second-order valence-corrected chi connectivity index (χ2v) is 6.24. The highest BCUT2D eigenvalue weighted by molar-refractivity contribution is 6.04. The second-order valence-electron chi connectivity index (χ2n) is 6.24. The van der Waals surface area contributed by atoms with Gasteiger partial charge in [-0.1, -0.05) is 25.1 Å². The van der Waals surface area contributed by atoms with Crippen LogP contribution in [-0.4, -0.2) is 43.5 Å². The molecule has 0 aliphatic carbocycles. The third-order valence-electron chi connectivity index (χ3n) is 4.68. The van der Waals surface area contributed by atoms with E-state index in [0.717, 1.165) is 44.0 Å². The van der Waals surface area contributed by atoms with E-state index < -0.39 is 0 Å². The molecule has 2 aromatic carbocycles. The van der Waals surface area contributed by atoms with Gasteiger partial charge in [-0.3, -0.25) is 4.79 Å². The Balaban J connectivity index is 1.68. The average Bonchev–Trinajstić information content (AvgIpc) is 2.64. The van der Waals surface area contributed by atoms with Crippen LogP contribution >= 0.6 is 0 Å². The maximum atomic E-state index is 12.3. The number of piperazine rings is 1. The highest BCUT2D eigenvalue weighted by atomic mass is 16.1. The highest BCUT2D eigenvalue weighted by Crippen LogP contribution is 2.24. The van der Waals surface area contributed by atoms with Crippen molar-refractivity contribution in [2.75, 3.05) is 42.9 Å². The fourth-order valence-corrected chi connectivity index (χ4v) is 3.09. The van der Waals surface area contributed by atoms with Gasteiger partial charge in [0.15, 0.2) is 0 Å². The van der Waals surface area contributed by atoms with Crippen molar-refractivity contribution in [1.82, 2.24) is 4.90 Å². The topological polar surface area (TPSA) is 35.6 Å². The molecule has 0 saturated carbocycles. The van der Waals surface area contributed by atoms with Gasteiger partial charge >= 0.3 is 0 Å². The first-order valence-corrected chi connectivity index (χ1v) is 8.61. The minimum Gasteiger partial charge on any atom is -0.369 e.